The summed E-state index contributed by atoms with van der Waals surface area (Å²) in [5.74, 6) is 1.62. The predicted molar refractivity (Wildman–Crippen MR) is 132 cm³/mol. The van der Waals surface area contributed by atoms with Crippen molar-refractivity contribution in [2.24, 2.45) is 5.10 Å². The molecule has 3 aromatic carbocycles. The molecule has 3 nitrogen and oxygen atoms in total. The zero-order valence-corrected chi connectivity index (χ0v) is 19.9. The van der Waals surface area contributed by atoms with Crippen LogP contribution in [0.25, 0.3) is 0 Å². The average Bonchev–Trinajstić information content (AvgIpc) is 3.28. The van der Waals surface area contributed by atoms with E-state index in [4.69, 9.17) is 9.84 Å². The van der Waals surface area contributed by atoms with Gasteiger partial charge >= 0.3 is 0 Å². The van der Waals surface area contributed by atoms with E-state index in [1.807, 2.05) is 0 Å². The van der Waals surface area contributed by atoms with Gasteiger partial charge in [-0.1, -0.05) is 76.1 Å². The van der Waals surface area contributed by atoms with Crippen molar-refractivity contribution in [3.05, 3.63) is 99.5 Å². The third kappa shape index (κ3) is 3.36. The van der Waals surface area contributed by atoms with Crippen LogP contribution in [0, 0.1) is 6.92 Å². The second-order valence-electron chi connectivity index (χ2n) is 9.39. The van der Waals surface area contributed by atoms with Crippen LogP contribution in [-0.2, 0) is 0 Å². The van der Waals surface area contributed by atoms with Crippen LogP contribution in [0.5, 0.6) is 5.75 Å². The number of fused-ring (bicyclic) bond motifs is 4. The predicted octanol–water partition coefficient (Wildman–Crippen LogP) is 7.36. The summed E-state index contributed by atoms with van der Waals surface area (Å²) in [6, 6.07) is 26.4. The van der Waals surface area contributed by atoms with Crippen molar-refractivity contribution >= 4 is 21.6 Å². The van der Waals surface area contributed by atoms with Crippen LogP contribution < -0.4 is 4.74 Å². The first-order chi connectivity index (χ1) is 15.6. The molecule has 3 aromatic rings. The van der Waals surface area contributed by atoms with Gasteiger partial charge in [-0.15, -0.1) is 0 Å². The summed E-state index contributed by atoms with van der Waals surface area (Å²) in [5, 5.41) is 7.54. The molecule has 1 atom stereocenters. The van der Waals surface area contributed by atoms with Crippen LogP contribution in [0.4, 0.5) is 0 Å². The first-order valence-electron chi connectivity index (χ1n) is 11.6. The molecule has 0 radical (unpaired) electrons. The van der Waals surface area contributed by atoms with Gasteiger partial charge in [0, 0.05) is 29.3 Å². The van der Waals surface area contributed by atoms with Gasteiger partial charge in [0.25, 0.3) is 0 Å². The van der Waals surface area contributed by atoms with E-state index < -0.39 is 0 Å². The van der Waals surface area contributed by atoms with E-state index in [0.29, 0.717) is 5.92 Å². The van der Waals surface area contributed by atoms with Crippen molar-refractivity contribution in [1.82, 2.24) is 5.01 Å². The van der Waals surface area contributed by atoms with Crippen molar-refractivity contribution in [3.63, 3.8) is 0 Å². The van der Waals surface area contributed by atoms with E-state index in [9.17, 15) is 0 Å². The summed E-state index contributed by atoms with van der Waals surface area (Å²) >= 11 is 3.67. The summed E-state index contributed by atoms with van der Waals surface area (Å²) in [6.45, 7) is 2.13. The summed E-state index contributed by atoms with van der Waals surface area (Å²) in [6.07, 6.45) is 5.13. The Labute approximate surface area is 198 Å². The van der Waals surface area contributed by atoms with E-state index in [0.717, 1.165) is 48.0 Å². The number of aryl methyl sites for hydroxylation is 1. The molecule has 0 N–H and O–H groups in total. The minimum atomic E-state index is -0.358. The van der Waals surface area contributed by atoms with Crippen molar-refractivity contribution in [2.75, 3.05) is 0 Å². The number of nitrogens with zero attached hydrogens (tertiary/aromatic N) is 2. The maximum Gasteiger partial charge on any atom is 0.198 e. The molecule has 1 aliphatic carbocycles. The van der Waals surface area contributed by atoms with E-state index in [1.165, 1.54) is 22.3 Å². The number of halogens is 1. The molecule has 162 valence electrons. The number of rotatable bonds is 2. The van der Waals surface area contributed by atoms with E-state index in [2.05, 4.69) is 101 Å². The Hall–Kier alpha value is -2.59. The lowest BCUT2D eigenvalue weighted by molar-refractivity contribution is -0.142. The van der Waals surface area contributed by atoms with Crippen LogP contribution in [0.15, 0.2) is 82.4 Å². The Balaban J connectivity index is 1.36. The zero-order chi connectivity index (χ0) is 21.7. The monoisotopic (exact) mass is 486 g/mol. The second-order valence-corrected chi connectivity index (χ2v) is 10.3. The molecule has 1 saturated carbocycles. The SMILES string of the molecule is Cc1ccc(C2=NN3[C@@H](C2)c2cc(Br)ccc2OC32CCC(c3ccccc3)CC2)cc1. The number of hydrogen-bond donors (Lipinski definition) is 0. The summed E-state index contributed by atoms with van der Waals surface area (Å²) in [5.41, 5.74) is 5.98. The highest BCUT2D eigenvalue weighted by atomic mass is 79.9. The fraction of sp³-hybridized carbons (Fsp3) is 0.321. The Morgan fingerprint density at radius 1 is 0.969 bits per heavy atom. The van der Waals surface area contributed by atoms with Crippen LogP contribution in [0.2, 0.25) is 0 Å². The summed E-state index contributed by atoms with van der Waals surface area (Å²) < 4.78 is 7.90. The smallest absolute Gasteiger partial charge is 0.198 e. The molecule has 3 aliphatic rings. The van der Waals surface area contributed by atoms with Gasteiger partial charge in [0.2, 0.25) is 0 Å². The Bertz CT molecular complexity index is 1160. The first kappa shape index (κ1) is 20.0. The topological polar surface area (TPSA) is 24.8 Å². The van der Waals surface area contributed by atoms with Gasteiger partial charge in [0.1, 0.15) is 5.75 Å². The normalized spacial score (nSPS) is 26.3. The van der Waals surface area contributed by atoms with Gasteiger partial charge in [-0.25, -0.2) is 5.01 Å². The van der Waals surface area contributed by atoms with Gasteiger partial charge < -0.3 is 4.74 Å². The second kappa shape index (κ2) is 7.77. The van der Waals surface area contributed by atoms with Crippen molar-refractivity contribution in [3.8, 4) is 5.75 Å². The molecule has 0 amide bonds. The lowest BCUT2D eigenvalue weighted by Gasteiger charge is -2.50. The van der Waals surface area contributed by atoms with E-state index in [-0.39, 0.29) is 11.8 Å². The van der Waals surface area contributed by atoms with Crippen LogP contribution in [0.1, 0.15) is 66.3 Å². The quantitative estimate of drug-likeness (QED) is 0.378. The molecule has 1 spiro atoms. The van der Waals surface area contributed by atoms with E-state index >= 15 is 0 Å². The minimum absolute atomic E-state index is 0.223. The van der Waals surface area contributed by atoms with Crippen LogP contribution in [0.3, 0.4) is 0 Å². The molecule has 0 saturated heterocycles. The molecular weight excluding hydrogens is 460 g/mol. The summed E-state index contributed by atoms with van der Waals surface area (Å²) in [4.78, 5) is 0. The van der Waals surface area contributed by atoms with Crippen LogP contribution >= 0.6 is 15.9 Å². The van der Waals surface area contributed by atoms with Gasteiger partial charge in [-0.05, 0) is 55.0 Å². The molecule has 0 aromatic heterocycles. The molecule has 2 aliphatic heterocycles. The minimum Gasteiger partial charge on any atom is -0.466 e. The molecular formula is C28H27BrN2O. The fourth-order valence-corrected chi connectivity index (χ4v) is 6.01. The molecule has 0 bridgehead atoms. The number of hydrazone groups is 1. The first-order valence-corrected chi connectivity index (χ1v) is 12.4. The Kier molecular flexibility index (Phi) is 4.87. The van der Waals surface area contributed by atoms with Gasteiger partial charge in [0.15, 0.2) is 5.72 Å². The standard InChI is InChI=1S/C28H27BrN2O/c1-19-7-9-22(10-8-19)25-18-26-24-17-23(29)11-12-27(24)32-28(31(26)30-25)15-13-21(14-16-28)20-5-3-2-4-6-20/h2-12,17,21,26H,13-16,18H2,1H3/t21?,26-,28?/m0/s1. The Morgan fingerprint density at radius 2 is 1.72 bits per heavy atom. The third-order valence-electron chi connectivity index (χ3n) is 7.38. The lowest BCUT2D eigenvalue weighted by Crippen LogP contribution is -2.55. The molecule has 1 fully saturated rings. The zero-order valence-electron chi connectivity index (χ0n) is 18.3. The lowest BCUT2D eigenvalue weighted by atomic mass is 9.78. The average molecular weight is 487 g/mol. The molecule has 2 heterocycles. The van der Waals surface area contributed by atoms with Crippen molar-refractivity contribution in [2.45, 2.75) is 56.7 Å². The maximum absolute atomic E-state index is 6.81. The maximum atomic E-state index is 6.81. The Morgan fingerprint density at radius 3 is 2.47 bits per heavy atom. The van der Waals surface area contributed by atoms with Gasteiger partial charge in [-0.3, -0.25) is 0 Å². The highest BCUT2D eigenvalue weighted by Gasteiger charge is 2.52. The fourth-order valence-electron chi connectivity index (χ4n) is 5.63. The highest BCUT2D eigenvalue weighted by Crippen LogP contribution is 2.53. The van der Waals surface area contributed by atoms with Gasteiger partial charge in [-0.2, -0.15) is 5.10 Å². The highest BCUT2D eigenvalue weighted by molar-refractivity contribution is 9.10. The van der Waals surface area contributed by atoms with Crippen molar-refractivity contribution in [1.29, 1.82) is 0 Å². The third-order valence-corrected chi connectivity index (χ3v) is 7.87. The largest absolute Gasteiger partial charge is 0.466 e. The molecule has 6 rings (SSSR count). The molecule has 4 heteroatoms. The number of ether oxygens (including phenoxy) is 1. The van der Waals surface area contributed by atoms with Gasteiger partial charge in [0.05, 0.1) is 11.8 Å². The van der Waals surface area contributed by atoms with E-state index in [1.54, 1.807) is 0 Å². The van der Waals surface area contributed by atoms with Crippen molar-refractivity contribution < 1.29 is 4.74 Å². The molecule has 0 unspecified atom stereocenters. The number of hydrogen-bond acceptors (Lipinski definition) is 3. The molecule has 32 heavy (non-hydrogen) atoms. The number of benzene rings is 3. The summed E-state index contributed by atoms with van der Waals surface area (Å²) in [7, 11) is 0. The van der Waals surface area contributed by atoms with Crippen LogP contribution in [-0.4, -0.2) is 16.4 Å².